The van der Waals surface area contributed by atoms with Crippen LogP contribution < -0.4 is 4.74 Å². The number of piperazine rings is 1. The first kappa shape index (κ1) is 16.0. The first-order chi connectivity index (χ1) is 11.7. The first-order valence-electron chi connectivity index (χ1n) is 9.24. The number of hydrogen-bond acceptors (Lipinski definition) is 3. The molecule has 2 aromatic rings. The number of nitrogens with one attached hydrogen (secondary N) is 1. The Morgan fingerprint density at radius 3 is 2.46 bits per heavy atom. The maximum Gasteiger partial charge on any atom is 0.124 e. The molecule has 4 nitrogen and oxygen atoms in total. The molecule has 130 valence electrons. The second kappa shape index (κ2) is 6.41. The number of nitrogens with zero attached hydrogens (tertiary/aromatic N) is 2. The van der Waals surface area contributed by atoms with Gasteiger partial charge < -0.3 is 14.6 Å². The quantitative estimate of drug-likeness (QED) is 0.914. The minimum atomic E-state index is 0.982. The molecular formula is C20H29N3O. The van der Waals surface area contributed by atoms with Crippen LogP contribution in [0.15, 0.2) is 12.3 Å². The van der Waals surface area contributed by atoms with Crippen molar-refractivity contribution in [1.82, 2.24) is 14.8 Å². The molecule has 2 fully saturated rings. The van der Waals surface area contributed by atoms with Gasteiger partial charge in [-0.05, 0) is 49.8 Å². The van der Waals surface area contributed by atoms with Crippen LogP contribution in [0.1, 0.15) is 29.5 Å². The van der Waals surface area contributed by atoms with E-state index in [1.165, 1.54) is 60.1 Å². The third-order valence-corrected chi connectivity index (χ3v) is 5.70. The summed E-state index contributed by atoms with van der Waals surface area (Å²) in [5, 5.41) is 1.35. The molecule has 1 aliphatic heterocycles. The largest absolute Gasteiger partial charge is 0.496 e. The molecule has 1 aliphatic carbocycles. The third kappa shape index (κ3) is 3.05. The lowest BCUT2D eigenvalue weighted by Crippen LogP contribution is -2.46. The topological polar surface area (TPSA) is 31.5 Å². The Morgan fingerprint density at radius 2 is 1.79 bits per heavy atom. The van der Waals surface area contributed by atoms with Gasteiger partial charge in [-0.2, -0.15) is 0 Å². The summed E-state index contributed by atoms with van der Waals surface area (Å²) in [6.07, 6.45) is 5.02. The average molecular weight is 327 g/mol. The molecule has 0 bridgehead atoms. The highest BCUT2D eigenvalue weighted by Gasteiger charge is 2.27. The van der Waals surface area contributed by atoms with Gasteiger partial charge in [0.25, 0.3) is 0 Å². The van der Waals surface area contributed by atoms with E-state index in [2.05, 4.69) is 40.9 Å². The van der Waals surface area contributed by atoms with Gasteiger partial charge >= 0.3 is 0 Å². The second-order valence-electron chi connectivity index (χ2n) is 7.62. The standard InChI is InChI=1S/C20H29N3O/c1-14-10-18(24-3)17(19-15(2)11-21-20(14)19)13-23-8-6-22(7-9-23)12-16-4-5-16/h10-11,16,21H,4-9,12-13H2,1-3H3. The molecule has 1 aromatic carbocycles. The Bertz CT molecular complexity index is 724. The van der Waals surface area contributed by atoms with Crippen LogP contribution >= 0.6 is 0 Å². The van der Waals surface area contributed by atoms with Crippen LogP contribution in [0.5, 0.6) is 5.75 Å². The summed E-state index contributed by atoms with van der Waals surface area (Å²) in [7, 11) is 1.79. The monoisotopic (exact) mass is 327 g/mol. The second-order valence-corrected chi connectivity index (χ2v) is 7.62. The summed E-state index contributed by atoms with van der Waals surface area (Å²) in [6.45, 7) is 11.4. The van der Waals surface area contributed by atoms with Gasteiger partial charge in [0, 0.05) is 61.9 Å². The lowest BCUT2D eigenvalue weighted by molar-refractivity contribution is 0.123. The maximum absolute atomic E-state index is 5.73. The Kier molecular flexibility index (Phi) is 4.27. The van der Waals surface area contributed by atoms with Crippen LogP contribution in [-0.2, 0) is 6.54 Å². The Labute approximate surface area is 144 Å². The van der Waals surface area contributed by atoms with E-state index in [9.17, 15) is 0 Å². The van der Waals surface area contributed by atoms with E-state index in [1.807, 2.05) is 0 Å². The van der Waals surface area contributed by atoms with Gasteiger partial charge in [0.2, 0.25) is 0 Å². The third-order valence-electron chi connectivity index (χ3n) is 5.70. The van der Waals surface area contributed by atoms with Crippen molar-refractivity contribution in [3.8, 4) is 5.75 Å². The summed E-state index contributed by atoms with van der Waals surface area (Å²) in [6, 6.07) is 2.18. The molecule has 2 aliphatic rings. The van der Waals surface area contributed by atoms with Crippen LogP contribution in [0.4, 0.5) is 0 Å². The molecule has 2 heterocycles. The van der Waals surface area contributed by atoms with Crippen molar-refractivity contribution in [2.45, 2.75) is 33.2 Å². The van der Waals surface area contributed by atoms with Crippen LogP contribution in [0.3, 0.4) is 0 Å². The van der Waals surface area contributed by atoms with E-state index in [0.29, 0.717) is 0 Å². The van der Waals surface area contributed by atoms with Crippen LogP contribution in [0.25, 0.3) is 10.9 Å². The van der Waals surface area contributed by atoms with E-state index in [4.69, 9.17) is 4.74 Å². The predicted molar refractivity (Wildman–Crippen MR) is 98.8 cm³/mol. The zero-order valence-electron chi connectivity index (χ0n) is 15.2. The average Bonchev–Trinajstić information content (AvgIpc) is 3.31. The smallest absolute Gasteiger partial charge is 0.124 e. The molecule has 1 aromatic heterocycles. The summed E-state index contributed by atoms with van der Waals surface area (Å²) in [5.74, 6) is 2.03. The molecule has 0 atom stereocenters. The molecule has 0 unspecified atom stereocenters. The molecule has 0 spiro atoms. The van der Waals surface area contributed by atoms with E-state index in [0.717, 1.165) is 31.3 Å². The molecule has 1 N–H and O–H groups in total. The van der Waals surface area contributed by atoms with Gasteiger partial charge in [0.1, 0.15) is 5.75 Å². The highest BCUT2D eigenvalue weighted by Crippen LogP contribution is 2.34. The number of aryl methyl sites for hydroxylation is 2. The number of H-pyrrole nitrogens is 1. The van der Waals surface area contributed by atoms with Crippen molar-refractivity contribution in [3.05, 3.63) is 29.0 Å². The number of rotatable bonds is 5. The normalized spacial score (nSPS) is 20.0. The number of fused-ring (bicyclic) bond motifs is 1. The zero-order chi connectivity index (χ0) is 16.7. The number of aromatic nitrogens is 1. The maximum atomic E-state index is 5.73. The fourth-order valence-electron chi connectivity index (χ4n) is 4.06. The van der Waals surface area contributed by atoms with Crippen LogP contribution in [0, 0.1) is 19.8 Å². The molecule has 4 rings (SSSR count). The SMILES string of the molecule is COc1cc(C)c2[nH]cc(C)c2c1CN1CCN(CC2CC2)CC1. The number of ether oxygens (including phenoxy) is 1. The lowest BCUT2D eigenvalue weighted by Gasteiger charge is -2.35. The van der Waals surface area contributed by atoms with Gasteiger partial charge in [-0.1, -0.05) is 0 Å². The van der Waals surface area contributed by atoms with Crippen molar-refractivity contribution in [3.63, 3.8) is 0 Å². The fourth-order valence-corrected chi connectivity index (χ4v) is 4.06. The van der Waals surface area contributed by atoms with Gasteiger partial charge in [-0.25, -0.2) is 0 Å². The van der Waals surface area contributed by atoms with E-state index in [-0.39, 0.29) is 0 Å². The van der Waals surface area contributed by atoms with Crippen molar-refractivity contribution in [2.24, 2.45) is 5.92 Å². The molecule has 24 heavy (non-hydrogen) atoms. The van der Waals surface area contributed by atoms with Gasteiger partial charge in [-0.15, -0.1) is 0 Å². The van der Waals surface area contributed by atoms with Gasteiger partial charge in [-0.3, -0.25) is 4.90 Å². The summed E-state index contributed by atoms with van der Waals surface area (Å²) < 4.78 is 5.73. The highest BCUT2D eigenvalue weighted by molar-refractivity contribution is 5.91. The zero-order valence-corrected chi connectivity index (χ0v) is 15.2. The molecule has 1 saturated heterocycles. The van der Waals surface area contributed by atoms with E-state index >= 15 is 0 Å². The molecule has 4 heteroatoms. The minimum absolute atomic E-state index is 0.982. The number of aromatic amines is 1. The summed E-state index contributed by atoms with van der Waals surface area (Å²) in [5.41, 5.74) is 5.17. The Hall–Kier alpha value is -1.52. The molecule has 1 saturated carbocycles. The van der Waals surface area contributed by atoms with Crippen molar-refractivity contribution in [2.75, 3.05) is 39.8 Å². The lowest BCUT2D eigenvalue weighted by atomic mass is 10.0. The molecular weight excluding hydrogens is 298 g/mol. The first-order valence-corrected chi connectivity index (χ1v) is 9.24. The molecule has 0 amide bonds. The van der Waals surface area contributed by atoms with Crippen molar-refractivity contribution in [1.29, 1.82) is 0 Å². The van der Waals surface area contributed by atoms with Crippen LogP contribution in [-0.4, -0.2) is 54.6 Å². The van der Waals surface area contributed by atoms with Gasteiger partial charge in [0.15, 0.2) is 0 Å². The van der Waals surface area contributed by atoms with Gasteiger partial charge in [0.05, 0.1) is 7.11 Å². The van der Waals surface area contributed by atoms with E-state index in [1.54, 1.807) is 7.11 Å². The highest BCUT2D eigenvalue weighted by atomic mass is 16.5. The Morgan fingerprint density at radius 1 is 1.08 bits per heavy atom. The number of hydrogen-bond donors (Lipinski definition) is 1. The predicted octanol–water partition coefficient (Wildman–Crippen LogP) is 3.32. The van der Waals surface area contributed by atoms with Crippen LogP contribution in [0.2, 0.25) is 0 Å². The minimum Gasteiger partial charge on any atom is -0.496 e. The van der Waals surface area contributed by atoms with Crippen molar-refractivity contribution < 1.29 is 4.74 Å². The Balaban J connectivity index is 1.53. The van der Waals surface area contributed by atoms with E-state index < -0.39 is 0 Å². The molecule has 0 radical (unpaired) electrons. The fraction of sp³-hybridized carbons (Fsp3) is 0.600. The summed E-state index contributed by atoms with van der Waals surface area (Å²) >= 11 is 0. The summed E-state index contributed by atoms with van der Waals surface area (Å²) in [4.78, 5) is 8.67. The number of benzene rings is 1. The number of methoxy groups -OCH3 is 1. The van der Waals surface area contributed by atoms with Crippen molar-refractivity contribution >= 4 is 10.9 Å².